The van der Waals surface area contributed by atoms with E-state index in [2.05, 4.69) is 54.4 Å². The first-order chi connectivity index (χ1) is 11.7. The average Bonchev–Trinajstić information content (AvgIpc) is 2.62. The molecular formula is C21H18N2O. The summed E-state index contributed by atoms with van der Waals surface area (Å²) >= 11 is 0. The molecule has 0 aliphatic rings. The van der Waals surface area contributed by atoms with Crippen LogP contribution in [0.25, 0.3) is 21.8 Å². The summed E-state index contributed by atoms with van der Waals surface area (Å²) in [5.41, 5.74) is 5.44. The number of aromatic nitrogens is 2. The molecule has 0 saturated carbocycles. The Kier molecular flexibility index (Phi) is 3.62. The van der Waals surface area contributed by atoms with Crippen LogP contribution in [0, 0.1) is 13.8 Å². The van der Waals surface area contributed by atoms with E-state index >= 15 is 0 Å². The molecule has 4 aromatic rings. The van der Waals surface area contributed by atoms with Gasteiger partial charge >= 0.3 is 0 Å². The van der Waals surface area contributed by atoms with Crippen LogP contribution in [-0.4, -0.2) is 10.2 Å². The van der Waals surface area contributed by atoms with E-state index in [1.807, 2.05) is 30.3 Å². The van der Waals surface area contributed by atoms with E-state index in [0.29, 0.717) is 6.61 Å². The zero-order chi connectivity index (χ0) is 16.5. The Morgan fingerprint density at radius 2 is 1.46 bits per heavy atom. The van der Waals surface area contributed by atoms with Crippen LogP contribution in [0.15, 0.2) is 60.7 Å². The number of aryl methyl sites for hydroxylation is 2. The molecule has 0 N–H and O–H groups in total. The maximum atomic E-state index is 5.82. The van der Waals surface area contributed by atoms with Crippen molar-refractivity contribution in [3.05, 3.63) is 77.4 Å². The Balaban J connectivity index is 1.71. The maximum absolute atomic E-state index is 5.82. The lowest BCUT2D eigenvalue weighted by Gasteiger charge is -2.09. The predicted molar refractivity (Wildman–Crippen MR) is 97.3 cm³/mol. The highest BCUT2D eigenvalue weighted by atomic mass is 16.5. The van der Waals surface area contributed by atoms with Crippen molar-refractivity contribution in [3.8, 4) is 5.75 Å². The first-order valence-corrected chi connectivity index (χ1v) is 8.05. The van der Waals surface area contributed by atoms with Gasteiger partial charge in [0, 0.05) is 10.8 Å². The standard InChI is InChI=1S/C21H18N2O/c1-14-10-19-18-9-8-16(13-24-17-6-4-3-5-7-17)12-21(18)23-22-20(19)11-15(14)2/h3-12H,13H2,1-2H3. The van der Waals surface area contributed by atoms with Crippen molar-refractivity contribution in [2.45, 2.75) is 20.5 Å². The van der Waals surface area contributed by atoms with Gasteiger partial charge < -0.3 is 4.74 Å². The minimum absolute atomic E-state index is 0.520. The van der Waals surface area contributed by atoms with E-state index in [9.17, 15) is 0 Å². The van der Waals surface area contributed by atoms with E-state index < -0.39 is 0 Å². The van der Waals surface area contributed by atoms with Gasteiger partial charge in [-0.2, -0.15) is 0 Å². The Morgan fingerprint density at radius 3 is 2.25 bits per heavy atom. The molecule has 0 bridgehead atoms. The zero-order valence-electron chi connectivity index (χ0n) is 13.8. The Morgan fingerprint density at radius 1 is 0.750 bits per heavy atom. The fourth-order valence-electron chi connectivity index (χ4n) is 2.87. The van der Waals surface area contributed by atoms with Crippen LogP contribution < -0.4 is 4.74 Å². The van der Waals surface area contributed by atoms with Gasteiger partial charge in [-0.25, -0.2) is 0 Å². The summed E-state index contributed by atoms with van der Waals surface area (Å²) in [7, 11) is 0. The molecule has 0 aliphatic heterocycles. The van der Waals surface area contributed by atoms with Gasteiger partial charge in [0.05, 0.1) is 11.0 Å². The summed E-state index contributed by atoms with van der Waals surface area (Å²) in [6.07, 6.45) is 0. The highest BCUT2D eigenvalue weighted by Crippen LogP contribution is 2.25. The third kappa shape index (κ3) is 2.69. The maximum Gasteiger partial charge on any atom is 0.119 e. The number of rotatable bonds is 3. The van der Waals surface area contributed by atoms with Crippen LogP contribution in [0.4, 0.5) is 0 Å². The Bertz CT molecular complexity index is 1030. The van der Waals surface area contributed by atoms with Crippen LogP contribution in [0.1, 0.15) is 16.7 Å². The smallest absolute Gasteiger partial charge is 0.119 e. The number of hydrogen-bond acceptors (Lipinski definition) is 3. The van der Waals surface area contributed by atoms with E-state index in [1.165, 1.54) is 11.1 Å². The van der Waals surface area contributed by atoms with Crippen LogP contribution in [0.2, 0.25) is 0 Å². The van der Waals surface area contributed by atoms with Crippen LogP contribution in [0.3, 0.4) is 0 Å². The third-order valence-electron chi connectivity index (χ3n) is 4.38. The molecule has 0 aliphatic carbocycles. The molecule has 24 heavy (non-hydrogen) atoms. The SMILES string of the molecule is Cc1cc2nnc3cc(COc4ccccc4)ccc3c2cc1C. The lowest BCUT2D eigenvalue weighted by molar-refractivity contribution is 0.306. The van der Waals surface area contributed by atoms with E-state index in [4.69, 9.17) is 4.74 Å². The lowest BCUT2D eigenvalue weighted by Crippen LogP contribution is -1.96. The number of ether oxygens (including phenoxy) is 1. The monoisotopic (exact) mass is 314 g/mol. The molecule has 0 spiro atoms. The highest BCUT2D eigenvalue weighted by molar-refractivity contribution is 6.04. The fourth-order valence-corrected chi connectivity index (χ4v) is 2.87. The second-order valence-electron chi connectivity index (χ2n) is 6.11. The molecule has 3 heteroatoms. The van der Waals surface area contributed by atoms with Crippen molar-refractivity contribution in [2.75, 3.05) is 0 Å². The van der Waals surface area contributed by atoms with E-state index in [1.54, 1.807) is 0 Å². The minimum Gasteiger partial charge on any atom is -0.489 e. The van der Waals surface area contributed by atoms with Gasteiger partial charge in [-0.15, -0.1) is 10.2 Å². The molecule has 0 radical (unpaired) electrons. The van der Waals surface area contributed by atoms with Gasteiger partial charge in [0.25, 0.3) is 0 Å². The average molecular weight is 314 g/mol. The van der Waals surface area contributed by atoms with Gasteiger partial charge in [-0.1, -0.05) is 30.3 Å². The van der Waals surface area contributed by atoms with Crippen LogP contribution >= 0.6 is 0 Å². The van der Waals surface area contributed by atoms with Crippen LogP contribution in [0.5, 0.6) is 5.75 Å². The first-order valence-electron chi connectivity index (χ1n) is 8.05. The predicted octanol–water partition coefficient (Wildman–Crippen LogP) is 4.98. The van der Waals surface area contributed by atoms with Gasteiger partial charge in [0.1, 0.15) is 12.4 Å². The Hall–Kier alpha value is -2.94. The minimum atomic E-state index is 0.520. The number of fused-ring (bicyclic) bond motifs is 3. The highest BCUT2D eigenvalue weighted by Gasteiger charge is 2.07. The van der Waals surface area contributed by atoms with Crippen molar-refractivity contribution in [2.24, 2.45) is 0 Å². The largest absolute Gasteiger partial charge is 0.489 e. The fraction of sp³-hybridized carbons (Fsp3) is 0.143. The summed E-state index contributed by atoms with van der Waals surface area (Å²) < 4.78 is 5.82. The van der Waals surface area contributed by atoms with Crippen molar-refractivity contribution in [1.29, 1.82) is 0 Å². The lowest BCUT2D eigenvalue weighted by atomic mass is 10.0. The van der Waals surface area contributed by atoms with Gasteiger partial charge in [-0.05, 0) is 60.9 Å². The molecule has 0 amide bonds. The summed E-state index contributed by atoms with van der Waals surface area (Å²) in [6, 6.07) is 20.4. The molecule has 4 rings (SSSR count). The third-order valence-corrected chi connectivity index (χ3v) is 4.38. The Labute approximate surface area is 140 Å². The molecule has 118 valence electrons. The summed E-state index contributed by atoms with van der Waals surface area (Å²) in [5.74, 6) is 0.869. The molecule has 3 aromatic carbocycles. The molecular weight excluding hydrogens is 296 g/mol. The first kappa shape index (κ1) is 14.6. The number of hydrogen-bond donors (Lipinski definition) is 0. The number of nitrogens with zero attached hydrogens (tertiary/aromatic N) is 2. The second kappa shape index (κ2) is 5.93. The van der Waals surface area contributed by atoms with E-state index in [0.717, 1.165) is 33.1 Å². The molecule has 0 unspecified atom stereocenters. The van der Waals surface area contributed by atoms with Crippen molar-refractivity contribution in [1.82, 2.24) is 10.2 Å². The zero-order valence-corrected chi connectivity index (χ0v) is 13.8. The van der Waals surface area contributed by atoms with Crippen LogP contribution in [-0.2, 0) is 6.61 Å². The van der Waals surface area contributed by atoms with Crippen molar-refractivity contribution >= 4 is 21.8 Å². The number of para-hydroxylation sites is 1. The van der Waals surface area contributed by atoms with Gasteiger partial charge in [0.15, 0.2) is 0 Å². The van der Waals surface area contributed by atoms with E-state index in [-0.39, 0.29) is 0 Å². The molecule has 0 fully saturated rings. The normalized spacial score (nSPS) is 11.1. The molecule has 3 nitrogen and oxygen atoms in total. The molecule has 1 heterocycles. The quantitative estimate of drug-likeness (QED) is 0.500. The molecule has 0 saturated heterocycles. The molecule has 1 aromatic heterocycles. The number of benzene rings is 3. The molecule has 0 atom stereocenters. The summed E-state index contributed by atoms with van der Waals surface area (Å²) in [6.45, 7) is 4.75. The van der Waals surface area contributed by atoms with Crippen molar-refractivity contribution < 1.29 is 4.74 Å². The van der Waals surface area contributed by atoms with Gasteiger partial charge in [-0.3, -0.25) is 0 Å². The van der Waals surface area contributed by atoms with Crippen molar-refractivity contribution in [3.63, 3.8) is 0 Å². The summed E-state index contributed by atoms with van der Waals surface area (Å²) in [4.78, 5) is 0. The topological polar surface area (TPSA) is 35.0 Å². The second-order valence-corrected chi connectivity index (χ2v) is 6.11. The summed E-state index contributed by atoms with van der Waals surface area (Å²) in [5, 5.41) is 11.1. The van der Waals surface area contributed by atoms with Gasteiger partial charge in [0.2, 0.25) is 0 Å².